The van der Waals surface area contributed by atoms with E-state index in [-0.39, 0.29) is 5.78 Å². The zero-order chi connectivity index (χ0) is 10.0. The van der Waals surface area contributed by atoms with E-state index in [2.05, 4.69) is 0 Å². The van der Waals surface area contributed by atoms with Crippen molar-refractivity contribution >= 4 is 5.78 Å². The van der Waals surface area contributed by atoms with E-state index in [0.717, 1.165) is 16.7 Å². The minimum Gasteiger partial charge on any atom is -0.383 e. The van der Waals surface area contributed by atoms with Crippen molar-refractivity contribution < 1.29 is 4.79 Å². The van der Waals surface area contributed by atoms with Gasteiger partial charge >= 0.3 is 0 Å². The van der Waals surface area contributed by atoms with Gasteiger partial charge < -0.3 is 4.90 Å². The summed E-state index contributed by atoms with van der Waals surface area (Å²) in [6.07, 6.45) is 5.71. The molecule has 0 radical (unpaired) electrons. The quantitative estimate of drug-likeness (QED) is 0.570. The van der Waals surface area contributed by atoms with E-state index >= 15 is 0 Å². The lowest BCUT2D eigenvalue weighted by Gasteiger charge is -2.14. The topological polar surface area (TPSA) is 20.3 Å². The van der Waals surface area contributed by atoms with Gasteiger partial charge in [0.05, 0.1) is 0 Å². The number of rotatable bonds is 1. The predicted octanol–water partition coefficient (Wildman–Crippen LogP) is 1.91. The molecular formula is C11H15NO. The highest BCUT2D eigenvalue weighted by molar-refractivity contribution is 6.12. The van der Waals surface area contributed by atoms with Crippen LogP contribution in [0.15, 0.2) is 35.1 Å². The summed E-state index contributed by atoms with van der Waals surface area (Å²) in [6.45, 7) is 3.80. The molecule has 0 heterocycles. The summed E-state index contributed by atoms with van der Waals surface area (Å²) in [5.74, 6) is 0.133. The second kappa shape index (κ2) is 3.60. The van der Waals surface area contributed by atoms with Crippen LogP contribution in [-0.2, 0) is 4.79 Å². The zero-order valence-corrected chi connectivity index (χ0v) is 8.59. The van der Waals surface area contributed by atoms with E-state index in [0.29, 0.717) is 0 Å². The van der Waals surface area contributed by atoms with Gasteiger partial charge in [0.1, 0.15) is 0 Å². The highest BCUT2D eigenvalue weighted by Crippen LogP contribution is 2.20. The van der Waals surface area contributed by atoms with Crippen LogP contribution < -0.4 is 0 Å². The van der Waals surface area contributed by atoms with E-state index in [1.165, 1.54) is 0 Å². The Morgan fingerprint density at radius 2 is 1.69 bits per heavy atom. The fraction of sp³-hybridized carbons (Fsp3) is 0.364. The molecule has 0 saturated carbocycles. The molecule has 70 valence electrons. The van der Waals surface area contributed by atoms with Gasteiger partial charge in [0.25, 0.3) is 0 Å². The maximum absolute atomic E-state index is 11.7. The van der Waals surface area contributed by atoms with Crippen molar-refractivity contribution in [1.82, 2.24) is 4.90 Å². The number of nitrogens with zero attached hydrogens (tertiary/aromatic N) is 1. The molecule has 0 atom stereocenters. The number of carbonyl (C=O) groups is 1. The Bertz CT molecular complexity index is 315. The fourth-order valence-corrected chi connectivity index (χ4v) is 1.23. The number of allylic oxidation sites excluding steroid dienone is 5. The zero-order valence-electron chi connectivity index (χ0n) is 8.59. The van der Waals surface area contributed by atoms with Crippen LogP contribution in [0.3, 0.4) is 0 Å². The molecule has 0 amide bonds. The van der Waals surface area contributed by atoms with Crippen LogP contribution in [0.4, 0.5) is 0 Å². The SMILES string of the molecule is CC1=CC=C(C)C(=CN(C)C)C1=O. The molecule has 0 N–H and O–H groups in total. The van der Waals surface area contributed by atoms with Gasteiger partial charge in [0, 0.05) is 25.9 Å². The second-order valence-corrected chi connectivity index (χ2v) is 3.53. The van der Waals surface area contributed by atoms with Crippen LogP contribution >= 0.6 is 0 Å². The largest absolute Gasteiger partial charge is 0.383 e. The maximum atomic E-state index is 11.7. The van der Waals surface area contributed by atoms with Crippen LogP contribution in [0.5, 0.6) is 0 Å². The monoisotopic (exact) mass is 177 g/mol. The molecule has 0 fully saturated rings. The minimum atomic E-state index is 0.133. The van der Waals surface area contributed by atoms with Crippen molar-refractivity contribution in [1.29, 1.82) is 0 Å². The molecule has 0 saturated heterocycles. The van der Waals surface area contributed by atoms with E-state index in [9.17, 15) is 4.79 Å². The summed E-state index contributed by atoms with van der Waals surface area (Å²) < 4.78 is 0. The summed E-state index contributed by atoms with van der Waals surface area (Å²) in [4.78, 5) is 13.6. The van der Waals surface area contributed by atoms with Crippen molar-refractivity contribution in [2.24, 2.45) is 0 Å². The number of Topliss-reactive ketones (excluding diaryl/α,β-unsaturated/α-hetero) is 1. The highest BCUT2D eigenvalue weighted by atomic mass is 16.1. The van der Waals surface area contributed by atoms with Crippen LogP contribution in [0.1, 0.15) is 13.8 Å². The normalized spacial score (nSPS) is 20.0. The lowest BCUT2D eigenvalue weighted by atomic mass is 9.94. The van der Waals surface area contributed by atoms with E-state index in [4.69, 9.17) is 0 Å². The summed E-state index contributed by atoms with van der Waals surface area (Å²) in [5.41, 5.74) is 2.63. The molecule has 0 spiro atoms. The van der Waals surface area contributed by atoms with Gasteiger partial charge in [-0.1, -0.05) is 12.2 Å². The third-order valence-electron chi connectivity index (χ3n) is 2.00. The van der Waals surface area contributed by atoms with Gasteiger partial charge in [0.2, 0.25) is 0 Å². The summed E-state index contributed by atoms with van der Waals surface area (Å²) in [7, 11) is 3.84. The third-order valence-corrected chi connectivity index (χ3v) is 2.00. The molecule has 0 aromatic carbocycles. The van der Waals surface area contributed by atoms with Gasteiger partial charge in [0.15, 0.2) is 5.78 Å². The summed E-state index contributed by atoms with van der Waals surface area (Å²) in [6, 6.07) is 0. The van der Waals surface area contributed by atoms with Gasteiger partial charge in [-0.05, 0) is 25.0 Å². The molecule has 0 bridgehead atoms. The van der Waals surface area contributed by atoms with Crippen molar-refractivity contribution in [3.63, 3.8) is 0 Å². The van der Waals surface area contributed by atoms with Crippen LogP contribution in [-0.4, -0.2) is 24.8 Å². The molecule has 2 nitrogen and oxygen atoms in total. The molecule has 1 rings (SSSR count). The average Bonchev–Trinajstić information content (AvgIpc) is 2.05. The van der Waals surface area contributed by atoms with Crippen molar-refractivity contribution in [3.05, 3.63) is 35.1 Å². The number of hydrogen-bond donors (Lipinski definition) is 0. The number of hydrogen-bond acceptors (Lipinski definition) is 2. The summed E-state index contributed by atoms with van der Waals surface area (Å²) >= 11 is 0. The molecule has 0 aliphatic heterocycles. The lowest BCUT2D eigenvalue weighted by Crippen LogP contribution is -2.13. The molecule has 0 aromatic rings. The molecule has 2 heteroatoms. The smallest absolute Gasteiger partial charge is 0.190 e. The number of carbonyl (C=O) groups excluding carboxylic acids is 1. The predicted molar refractivity (Wildman–Crippen MR) is 54.3 cm³/mol. The molecule has 0 unspecified atom stereocenters. The van der Waals surface area contributed by atoms with Crippen molar-refractivity contribution in [3.8, 4) is 0 Å². The Labute approximate surface area is 79.2 Å². The first-order valence-electron chi connectivity index (χ1n) is 4.31. The Hall–Kier alpha value is -1.31. The van der Waals surface area contributed by atoms with Gasteiger partial charge in [-0.25, -0.2) is 0 Å². The summed E-state index contributed by atoms with van der Waals surface area (Å²) in [5, 5.41) is 0. The third kappa shape index (κ3) is 2.08. The minimum absolute atomic E-state index is 0.133. The van der Waals surface area contributed by atoms with Crippen LogP contribution in [0, 0.1) is 0 Å². The van der Waals surface area contributed by atoms with E-state index < -0.39 is 0 Å². The Morgan fingerprint density at radius 3 is 2.23 bits per heavy atom. The first kappa shape index (κ1) is 9.78. The van der Waals surface area contributed by atoms with Gasteiger partial charge in [-0.2, -0.15) is 0 Å². The molecule has 1 aliphatic carbocycles. The first-order chi connectivity index (χ1) is 6.02. The van der Waals surface area contributed by atoms with Crippen molar-refractivity contribution in [2.75, 3.05) is 14.1 Å². The fourth-order valence-electron chi connectivity index (χ4n) is 1.23. The van der Waals surface area contributed by atoms with Gasteiger partial charge in [-0.3, -0.25) is 4.79 Å². The van der Waals surface area contributed by atoms with E-state index in [1.807, 2.05) is 51.2 Å². The first-order valence-corrected chi connectivity index (χ1v) is 4.31. The van der Waals surface area contributed by atoms with Crippen LogP contribution in [0.25, 0.3) is 0 Å². The van der Waals surface area contributed by atoms with Crippen molar-refractivity contribution in [2.45, 2.75) is 13.8 Å². The average molecular weight is 177 g/mol. The Balaban J connectivity index is 3.07. The second-order valence-electron chi connectivity index (χ2n) is 3.53. The highest BCUT2D eigenvalue weighted by Gasteiger charge is 2.16. The molecule has 13 heavy (non-hydrogen) atoms. The number of ketones is 1. The molecule has 0 aromatic heterocycles. The Morgan fingerprint density at radius 1 is 1.15 bits per heavy atom. The van der Waals surface area contributed by atoms with Gasteiger partial charge in [-0.15, -0.1) is 0 Å². The molecular weight excluding hydrogens is 162 g/mol. The maximum Gasteiger partial charge on any atom is 0.190 e. The standard InChI is InChI=1S/C11H15NO/c1-8-5-6-9(2)11(13)10(8)7-12(3)4/h5-7H,1-4H3. The van der Waals surface area contributed by atoms with Crippen LogP contribution in [0.2, 0.25) is 0 Å². The van der Waals surface area contributed by atoms with E-state index in [1.54, 1.807) is 0 Å². The molecule has 1 aliphatic rings. The Kier molecular flexibility index (Phi) is 2.71. The lowest BCUT2D eigenvalue weighted by molar-refractivity contribution is -0.112.